The lowest BCUT2D eigenvalue weighted by atomic mass is 10.0. The Bertz CT molecular complexity index is 398. The molecule has 0 aliphatic rings. The highest BCUT2D eigenvalue weighted by Crippen LogP contribution is 2.11. The number of rotatable bonds is 7. The van der Waals surface area contributed by atoms with E-state index in [4.69, 9.17) is 9.47 Å². The largest absolute Gasteiger partial charge is 0.460 e. The van der Waals surface area contributed by atoms with Gasteiger partial charge in [-0.2, -0.15) is 0 Å². The van der Waals surface area contributed by atoms with E-state index < -0.39 is 29.8 Å². The first-order valence-corrected chi connectivity index (χ1v) is 7.70. The zero-order valence-corrected chi connectivity index (χ0v) is 14.7. The molecule has 0 aromatic rings. The molecule has 0 bridgehead atoms. The van der Waals surface area contributed by atoms with Gasteiger partial charge in [-0.05, 0) is 34.1 Å². The van der Waals surface area contributed by atoms with Crippen molar-refractivity contribution in [2.45, 2.75) is 79.1 Å². The molecular formula is C16H29NO5. The van der Waals surface area contributed by atoms with Crippen molar-refractivity contribution in [1.82, 2.24) is 5.32 Å². The quantitative estimate of drug-likeness (QED) is 0.731. The lowest BCUT2D eigenvalue weighted by Gasteiger charge is -2.27. The highest BCUT2D eigenvalue weighted by Gasteiger charge is 2.31. The van der Waals surface area contributed by atoms with E-state index in [9.17, 15) is 14.4 Å². The molecule has 0 heterocycles. The fourth-order valence-corrected chi connectivity index (χ4v) is 1.68. The first-order chi connectivity index (χ1) is 9.97. The highest BCUT2D eigenvalue weighted by atomic mass is 16.6. The van der Waals surface area contributed by atoms with Crippen LogP contribution in [0.5, 0.6) is 0 Å². The van der Waals surface area contributed by atoms with Gasteiger partial charge in [-0.25, -0.2) is 4.79 Å². The molecule has 0 unspecified atom stereocenters. The Hall–Kier alpha value is -1.59. The van der Waals surface area contributed by atoms with Crippen molar-refractivity contribution in [2.24, 2.45) is 5.92 Å². The van der Waals surface area contributed by atoms with Gasteiger partial charge >= 0.3 is 12.1 Å². The lowest BCUT2D eigenvalue weighted by Crippen LogP contribution is -2.50. The third kappa shape index (κ3) is 8.00. The van der Waals surface area contributed by atoms with Gasteiger partial charge in [0, 0.05) is 6.42 Å². The van der Waals surface area contributed by atoms with Gasteiger partial charge < -0.3 is 14.8 Å². The number of alkyl carbamates (subject to hydrolysis) is 1. The van der Waals surface area contributed by atoms with E-state index >= 15 is 0 Å². The maximum absolute atomic E-state index is 12.2. The van der Waals surface area contributed by atoms with Gasteiger partial charge in [0.1, 0.15) is 17.7 Å². The second-order valence-corrected chi connectivity index (χ2v) is 6.64. The van der Waals surface area contributed by atoms with Crippen LogP contribution in [0.3, 0.4) is 0 Å². The average molecular weight is 315 g/mol. The second kappa shape index (κ2) is 8.76. The van der Waals surface area contributed by atoms with E-state index in [1.807, 2.05) is 6.92 Å². The molecule has 1 N–H and O–H groups in total. The van der Waals surface area contributed by atoms with Crippen LogP contribution in [0.4, 0.5) is 4.79 Å². The number of amides is 1. The van der Waals surface area contributed by atoms with Crippen LogP contribution in [-0.4, -0.2) is 35.6 Å². The van der Waals surface area contributed by atoms with Crippen LogP contribution >= 0.6 is 0 Å². The summed E-state index contributed by atoms with van der Waals surface area (Å²) in [5.74, 6) is -0.892. The van der Waals surface area contributed by atoms with Crippen molar-refractivity contribution in [3.05, 3.63) is 0 Å². The zero-order valence-electron chi connectivity index (χ0n) is 14.7. The van der Waals surface area contributed by atoms with Crippen molar-refractivity contribution in [3.63, 3.8) is 0 Å². The molecule has 0 saturated carbocycles. The number of Topliss-reactive ketones (excluding diaryl/α,β-unsaturated/α-hetero) is 1. The Kier molecular flexibility index (Phi) is 8.12. The van der Waals surface area contributed by atoms with Gasteiger partial charge in [0.15, 0.2) is 5.78 Å². The van der Waals surface area contributed by atoms with Crippen LogP contribution in [0.25, 0.3) is 0 Å². The monoisotopic (exact) mass is 315 g/mol. The Labute approximate surface area is 132 Å². The molecule has 6 heteroatoms. The fraction of sp³-hybridized carbons (Fsp3) is 0.812. The molecule has 128 valence electrons. The van der Waals surface area contributed by atoms with Gasteiger partial charge in [0.25, 0.3) is 0 Å². The molecule has 0 aromatic carbocycles. The summed E-state index contributed by atoms with van der Waals surface area (Å²) in [6.07, 6.45) is -0.504. The van der Waals surface area contributed by atoms with Crippen LogP contribution < -0.4 is 5.32 Å². The molecule has 6 nitrogen and oxygen atoms in total. The predicted octanol–water partition coefficient (Wildman–Crippen LogP) is 2.84. The Morgan fingerprint density at radius 3 is 2.05 bits per heavy atom. The Morgan fingerprint density at radius 1 is 1.09 bits per heavy atom. The molecule has 2 atom stereocenters. The SMILES string of the molecule is CCCC(=O)[C@@H](NC(=O)OC(C)(C)C)[C@@H](C)OC(=O)C(C)C. The number of carbonyl (C=O) groups excluding carboxylic acids is 3. The van der Waals surface area contributed by atoms with Gasteiger partial charge in [0.05, 0.1) is 5.92 Å². The van der Waals surface area contributed by atoms with Crippen LogP contribution in [0.2, 0.25) is 0 Å². The molecule has 0 radical (unpaired) electrons. The minimum absolute atomic E-state index is 0.183. The van der Waals surface area contributed by atoms with Gasteiger partial charge in [-0.15, -0.1) is 0 Å². The molecule has 0 rings (SSSR count). The molecule has 0 spiro atoms. The van der Waals surface area contributed by atoms with Crippen molar-refractivity contribution >= 4 is 17.8 Å². The summed E-state index contributed by atoms with van der Waals surface area (Å²) >= 11 is 0. The molecule has 0 saturated heterocycles. The van der Waals surface area contributed by atoms with E-state index in [1.54, 1.807) is 41.5 Å². The van der Waals surface area contributed by atoms with E-state index in [0.29, 0.717) is 12.8 Å². The standard InChI is InChI=1S/C16H29NO5/c1-8-9-12(18)13(11(4)21-14(19)10(2)3)17-15(20)22-16(5,6)7/h10-11,13H,8-9H2,1-7H3,(H,17,20)/t11-,13+/m1/s1. The maximum Gasteiger partial charge on any atom is 0.408 e. The number of carbonyl (C=O) groups is 3. The van der Waals surface area contributed by atoms with Crippen LogP contribution in [0, 0.1) is 5.92 Å². The predicted molar refractivity (Wildman–Crippen MR) is 83.5 cm³/mol. The Morgan fingerprint density at radius 2 is 1.64 bits per heavy atom. The summed E-state index contributed by atoms with van der Waals surface area (Å²) in [7, 11) is 0. The van der Waals surface area contributed by atoms with E-state index in [1.165, 1.54) is 0 Å². The normalized spacial score (nSPS) is 14.2. The number of ketones is 1. The fourth-order valence-electron chi connectivity index (χ4n) is 1.68. The highest BCUT2D eigenvalue weighted by molar-refractivity contribution is 5.88. The number of ether oxygens (including phenoxy) is 2. The van der Waals surface area contributed by atoms with Crippen molar-refractivity contribution in [3.8, 4) is 0 Å². The molecular weight excluding hydrogens is 286 g/mol. The third-order valence-corrected chi connectivity index (χ3v) is 2.76. The number of hydrogen-bond donors (Lipinski definition) is 1. The zero-order chi connectivity index (χ0) is 17.5. The average Bonchev–Trinajstić information content (AvgIpc) is 2.33. The van der Waals surface area contributed by atoms with Crippen molar-refractivity contribution in [1.29, 1.82) is 0 Å². The van der Waals surface area contributed by atoms with Crippen LogP contribution in [0.1, 0.15) is 61.3 Å². The minimum Gasteiger partial charge on any atom is -0.460 e. The molecule has 0 fully saturated rings. The summed E-state index contributed by atoms with van der Waals surface area (Å²) in [4.78, 5) is 35.7. The minimum atomic E-state index is -0.905. The molecule has 22 heavy (non-hydrogen) atoms. The molecule has 0 aliphatic carbocycles. The van der Waals surface area contributed by atoms with Crippen molar-refractivity contribution < 1.29 is 23.9 Å². The smallest absolute Gasteiger partial charge is 0.408 e. The summed E-state index contributed by atoms with van der Waals surface area (Å²) in [6, 6.07) is -0.905. The second-order valence-electron chi connectivity index (χ2n) is 6.64. The number of nitrogens with one attached hydrogen (secondary N) is 1. The van der Waals surface area contributed by atoms with Gasteiger partial charge in [-0.1, -0.05) is 20.8 Å². The maximum atomic E-state index is 12.2. The third-order valence-electron chi connectivity index (χ3n) is 2.76. The van der Waals surface area contributed by atoms with Crippen molar-refractivity contribution in [2.75, 3.05) is 0 Å². The molecule has 0 aliphatic heterocycles. The number of esters is 1. The Balaban J connectivity index is 4.93. The summed E-state index contributed by atoms with van der Waals surface area (Å²) < 4.78 is 10.4. The lowest BCUT2D eigenvalue weighted by molar-refractivity contribution is -0.154. The summed E-state index contributed by atoms with van der Waals surface area (Å²) in [6.45, 7) is 12.1. The summed E-state index contributed by atoms with van der Waals surface area (Å²) in [5, 5.41) is 2.51. The van der Waals surface area contributed by atoms with Crippen LogP contribution in [0.15, 0.2) is 0 Å². The van der Waals surface area contributed by atoms with Gasteiger partial charge in [0.2, 0.25) is 0 Å². The number of hydrogen-bond acceptors (Lipinski definition) is 5. The molecule has 0 aromatic heterocycles. The van der Waals surface area contributed by atoms with E-state index in [0.717, 1.165) is 0 Å². The first-order valence-electron chi connectivity index (χ1n) is 7.70. The first kappa shape index (κ1) is 20.4. The van der Waals surface area contributed by atoms with E-state index in [2.05, 4.69) is 5.32 Å². The molecule has 1 amide bonds. The topological polar surface area (TPSA) is 81.7 Å². The van der Waals surface area contributed by atoms with Crippen LogP contribution in [-0.2, 0) is 19.1 Å². The summed E-state index contributed by atoms with van der Waals surface area (Å²) in [5.41, 5.74) is -0.666. The van der Waals surface area contributed by atoms with Gasteiger partial charge in [-0.3, -0.25) is 9.59 Å². The van der Waals surface area contributed by atoms with E-state index in [-0.39, 0.29) is 11.7 Å².